The lowest BCUT2D eigenvalue weighted by molar-refractivity contribution is -0.140. The summed E-state index contributed by atoms with van der Waals surface area (Å²) in [7, 11) is -2.71. The van der Waals surface area contributed by atoms with E-state index in [0.717, 1.165) is 12.4 Å². The summed E-state index contributed by atoms with van der Waals surface area (Å²) in [4.78, 5) is 29.0. The Hall–Kier alpha value is -2.70. The number of likely N-dealkylation sites (N-methyl/N-ethyl adjacent to an activating group) is 1. The molecule has 2 fully saturated rings. The summed E-state index contributed by atoms with van der Waals surface area (Å²) in [5.41, 5.74) is -0.996. The van der Waals surface area contributed by atoms with Crippen molar-refractivity contribution in [2.75, 3.05) is 20.2 Å². The first-order valence-corrected chi connectivity index (χ1v) is 11.9. The van der Waals surface area contributed by atoms with Crippen molar-refractivity contribution in [3.8, 4) is 5.75 Å². The topological polar surface area (TPSA) is 132 Å². The zero-order valence-corrected chi connectivity index (χ0v) is 18.9. The lowest BCUT2D eigenvalue weighted by Crippen LogP contribution is -2.42. The average molecular weight is 500 g/mol. The minimum Gasteiger partial charge on any atom is -0.413 e. The number of nitrogens with one attached hydrogen (secondary N) is 1. The van der Waals surface area contributed by atoms with Crippen LogP contribution < -0.4 is 15.3 Å². The second kappa shape index (κ2) is 9.51. The molecule has 2 aliphatic heterocycles. The molecule has 1 unspecified atom stereocenters. The molecule has 34 heavy (non-hydrogen) atoms. The van der Waals surface area contributed by atoms with Gasteiger partial charge in [-0.25, -0.2) is 14.3 Å². The highest BCUT2D eigenvalue weighted by atomic mass is 31.2. The van der Waals surface area contributed by atoms with Crippen LogP contribution in [0.3, 0.4) is 0 Å². The van der Waals surface area contributed by atoms with Gasteiger partial charge in [-0.15, -0.1) is 0 Å². The predicted molar refractivity (Wildman–Crippen MR) is 113 cm³/mol. The Morgan fingerprint density at radius 1 is 1.29 bits per heavy atom. The number of para-hydroxylation sites is 1. The van der Waals surface area contributed by atoms with Crippen LogP contribution in [0.25, 0.3) is 0 Å². The molecule has 11 nitrogen and oxygen atoms in total. The predicted octanol–water partition coefficient (Wildman–Crippen LogP) is 1.16. The monoisotopic (exact) mass is 500 g/mol. The van der Waals surface area contributed by atoms with Gasteiger partial charge in [-0.1, -0.05) is 18.2 Å². The Balaban J connectivity index is 1.52. The second-order valence-electron chi connectivity index (χ2n) is 7.88. The summed E-state index contributed by atoms with van der Waals surface area (Å²) in [6.07, 6.45) is -3.68. The van der Waals surface area contributed by atoms with Crippen molar-refractivity contribution < 1.29 is 37.0 Å². The fraction of sp³-hybridized carbons (Fsp3) is 0.450. The number of halogens is 2. The quantitative estimate of drug-likeness (QED) is 0.513. The van der Waals surface area contributed by atoms with E-state index in [2.05, 4.69) is 10.1 Å². The maximum Gasteiger partial charge on any atom is 0.459 e. The van der Waals surface area contributed by atoms with Crippen molar-refractivity contribution in [2.24, 2.45) is 0 Å². The number of benzene rings is 1. The highest BCUT2D eigenvalue weighted by Crippen LogP contribution is 2.48. The van der Waals surface area contributed by atoms with Crippen LogP contribution >= 0.6 is 7.75 Å². The molecule has 0 aliphatic carbocycles. The zero-order valence-electron chi connectivity index (χ0n) is 18.0. The van der Waals surface area contributed by atoms with Crippen molar-refractivity contribution in [2.45, 2.75) is 36.8 Å². The zero-order chi connectivity index (χ0) is 24.5. The van der Waals surface area contributed by atoms with E-state index in [-0.39, 0.29) is 11.7 Å². The Morgan fingerprint density at radius 3 is 2.68 bits per heavy atom. The molecule has 14 heteroatoms. The van der Waals surface area contributed by atoms with Crippen LogP contribution in [0.1, 0.15) is 12.6 Å². The molecule has 5 atom stereocenters. The third-order valence-electron chi connectivity index (χ3n) is 5.49. The van der Waals surface area contributed by atoms with Gasteiger partial charge in [0.1, 0.15) is 11.9 Å². The van der Waals surface area contributed by atoms with Gasteiger partial charge in [0.2, 0.25) is 12.1 Å². The minimum absolute atomic E-state index is 0.148. The number of hydrogen-bond donors (Lipinski definition) is 2. The van der Waals surface area contributed by atoms with E-state index in [1.165, 1.54) is 23.1 Å². The molecular formula is C20H23F2N4O7P. The lowest BCUT2D eigenvalue weighted by atomic mass is 10.1. The molecule has 0 spiro atoms. The number of ether oxygens (including phenoxy) is 1. The van der Waals surface area contributed by atoms with Crippen LogP contribution in [-0.2, 0) is 18.6 Å². The van der Waals surface area contributed by atoms with E-state index in [9.17, 15) is 28.0 Å². The normalized spacial score (nSPS) is 28.1. The van der Waals surface area contributed by atoms with Gasteiger partial charge in [0.15, 0.2) is 6.10 Å². The molecule has 0 saturated carbocycles. The van der Waals surface area contributed by atoms with Gasteiger partial charge in [0.25, 0.3) is 0 Å². The maximum atomic E-state index is 14.7. The van der Waals surface area contributed by atoms with E-state index < -0.39 is 50.4 Å². The van der Waals surface area contributed by atoms with Gasteiger partial charge in [-0.2, -0.15) is 13.9 Å². The van der Waals surface area contributed by atoms with Gasteiger partial charge < -0.3 is 19.3 Å². The van der Waals surface area contributed by atoms with Crippen LogP contribution in [0.2, 0.25) is 0 Å². The van der Waals surface area contributed by atoms with Gasteiger partial charge in [0, 0.05) is 26.0 Å². The number of alkyl halides is 2. The van der Waals surface area contributed by atoms with E-state index in [1.807, 2.05) is 0 Å². The highest BCUT2D eigenvalue weighted by molar-refractivity contribution is 7.52. The molecule has 3 heterocycles. The fourth-order valence-electron chi connectivity index (χ4n) is 3.67. The summed E-state index contributed by atoms with van der Waals surface area (Å²) in [5, 5.41) is 12.7. The first-order valence-electron chi connectivity index (χ1n) is 10.4. The van der Waals surface area contributed by atoms with Gasteiger partial charge >= 0.3 is 19.4 Å². The minimum atomic E-state index is -4.29. The van der Waals surface area contributed by atoms with E-state index in [1.54, 1.807) is 25.2 Å². The van der Waals surface area contributed by atoms with Gasteiger partial charge in [-0.05, 0) is 24.6 Å². The molecule has 2 aliphatic rings. The first kappa shape index (κ1) is 24.4. The van der Waals surface area contributed by atoms with Gasteiger partial charge in [-0.3, -0.25) is 13.9 Å². The maximum absolute atomic E-state index is 14.7. The van der Waals surface area contributed by atoms with Crippen LogP contribution in [0, 0.1) is 0 Å². The average Bonchev–Trinajstić information content (AvgIpc) is 3.23. The molecule has 0 radical (unpaired) electrons. The van der Waals surface area contributed by atoms with E-state index in [4.69, 9.17) is 13.8 Å². The number of amides is 1. The first-order chi connectivity index (χ1) is 16.1. The third kappa shape index (κ3) is 4.89. The Bertz CT molecular complexity index is 1140. The van der Waals surface area contributed by atoms with Crippen LogP contribution in [0.5, 0.6) is 5.75 Å². The number of likely N-dealkylation sites (tertiary alicyclic amines) is 1. The summed E-state index contributed by atoms with van der Waals surface area (Å²) >= 11 is 0. The largest absolute Gasteiger partial charge is 0.459 e. The molecule has 0 bridgehead atoms. The number of aromatic nitrogens is 2. The van der Waals surface area contributed by atoms with Crippen molar-refractivity contribution >= 4 is 13.7 Å². The van der Waals surface area contributed by atoms with E-state index >= 15 is 0 Å². The molecule has 2 aromatic rings. The van der Waals surface area contributed by atoms with Crippen LogP contribution in [0.15, 0.2) is 53.6 Å². The molecule has 1 amide bonds. The van der Waals surface area contributed by atoms with Crippen LogP contribution in [0.4, 0.5) is 8.78 Å². The molecule has 184 valence electrons. The Labute approximate surface area is 192 Å². The van der Waals surface area contributed by atoms with Gasteiger partial charge in [0.05, 0.1) is 12.6 Å². The molecule has 2 N–H and O–H groups in total. The summed E-state index contributed by atoms with van der Waals surface area (Å²) in [5.74, 6) is -4.06. The Kier molecular flexibility index (Phi) is 6.83. The number of nitrogens with zero attached hydrogens (tertiary/aromatic N) is 3. The summed E-state index contributed by atoms with van der Waals surface area (Å²) in [6.45, 7) is -0.365. The SMILES string of the molecule is CN1CCC(N[P@](=O)(OC[C@H]2O[C@@H](n3cccnc3=O)C(F)(F)[C@@H]2O)Oc2ccccc2)C1=O. The summed E-state index contributed by atoms with van der Waals surface area (Å²) in [6, 6.07) is 8.33. The molecule has 1 aromatic heterocycles. The number of rotatable bonds is 8. The standard InChI is InChI=1S/C20H23F2N4O7P/c1-25-11-8-14(17(25)28)24-34(30,33-13-6-3-2-4-7-13)31-12-15-16(27)20(21,22)18(32-15)26-10-5-9-23-19(26)29/h2-7,9-10,14-16,18,27H,8,11-12H2,1H3,(H,24,30)/t14?,15-,16-,18-,34+/m1/s1. The van der Waals surface area contributed by atoms with Crippen molar-refractivity contribution in [1.82, 2.24) is 19.5 Å². The Morgan fingerprint density at radius 2 is 2.03 bits per heavy atom. The number of carbonyl (C=O) groups is 1. The number of hydrogen-bond acceptors (Lipinski definition) is 8. The fourth-order valence-corrected chi connectivity index (χ4v) is 5.21. The second-order valence-corrected chi connectivity index (χ2v) is 9.58. The van der Waals surface area contributed by atoms with Crippen molar-refractivity contribution in [3.05, 3.63) is 59.3 Å². The third-order valence-corrected chi connectivity index (χ3v) is 7.06. The smallest absolute Gasteiger partial charge is 0.413 e. The molecular weight excluding hydrogens is 477 g/mol. The number of aliphatic hydroxyl groups excluding tert-OH is 1. The molecule has 1 aromatic carbocycles. The van der Waals surface area contributed by atoms with E-state index in [0.29, 0.717) is 17.5 Å². The molecule has 2 saturated heterocycles. The number of carbonyl (C=O) groups excluding carboxylic acids is 1. The van der Waals surface area contributed by atoms with Crippen molar-refractivity contribution in [1.29, 1.82) is 0 Å². The highest BCUT2D eigenvalue weighted by Gasteiger charge is 2.60. The lowest BCUT2D eigenvalue weighted by Gasteiger charge is -2.24. The van der Waals surface area contributed by atoms with Crippen molar-refractivity contribution in [3.63, 3.8) is 0 Å². The number of aliphatic hydroxyl groups is 1. The summed E-state index contributed by atoms with van der Waals surface area (Å²) < 4.78 is 59.6. The van der Waals surface area contributed by atoms with Crippen LogP contribution in [-0.4, -0.2) is 69.8 Å². The molecule has 4 rings (SSSR count).